The SMILES string of the molecule is CC(C)C(=O)N1CCCC(C(=O)NC2CCCCC2C)C1. The van der Waals surface area contributed by atoms with E-state index >= 15 is 0 Å². The van der Waals surface area contributed by atoms with Crippen LogP contribution in [0.25, 0.3) is 0 Å². The molecule has 0 bridgehead atoms. The molecule has 4 heteroatoms. The van der Waals surface area contributed by atoms with Gasteiger partial charge in [-0.2, -0.15) is 0 Å². The molecular weight excluding hydrogens is 264 g/mol. The Bertz CT molecular complexity index is 381. The fraction of sp³-hybridized carbons (Fsp3) is 0.882. The zero-order valence-electron chi connectivity index (χ0n) is 13.7. The third kappa shape index (κ3) is 4.21. The van der Waals surface area contributed by atoms with E-state index in [-0.39, 0.29) is 23.7 Å². The molecule has 1 aliphatic heterocycles. The molecule has 1 aliphatic carbocycles. The molecule has 3 atom stereocenters. The Morgan fingerprint density at radius 1 is 1.10 bits per heavy atom. The van der Waals surface area contributed by atoms with Crippen LogP contribution in [0.4, 0.5) is 0 Å². The summed E-state index contributed by atoms with van der Waals surface area (Å²) < 4.78 is 0. The fourth-order valence-corrected chi connectivity index (χ4v) is 3.59. The van der Waals surface area contributed by atoms with Crippen molar-refractivity contribution in [2.45, 2.75) is 65.3 Å². The smallest absolute Gasteiger partial charge is 0.225 e. The first kappa shape index (κ1) is 16.3. The van der Waals surface area contributed by atoms with Gasteiger partial charge in [0.15, 0.2) is 0 Å². The maximum Gasteiger partial charge on any atom is 0.225 e. The van der Waals surface area contributed by atoms with Crippen LogP contribution < -0.4 is 5.32 Å². The van der Waals surface area contributed by atoms with Crippen molar-refractivity contribution in [2.75, 3.05) is 13.1 Å². The normalized spacial score (nSPS) is 30.3. The lowest BCUT2D eigenvalue weighted by Gasteiger charge is -2.35. The number of likely N-dealkylation sites (tertiary alicyclic amines) is 1. The van der Waals surface area contributed by atoms with Gasteiger partial charge < -0.3 is 10.2 Å². The number of carbonyl (C=O) groups is 2. The van der Waals surface area contributed by atoms with Crippen molar-refractivity contribution in [1.82, 2.24) is 10.2 Å². The highest BCUT2D eigenvalue weighted by molar-refractivity contribution is 5.82. The third-order valence-corrected chi connectivity index (χ3v) is 5.04. The Morgan fingerprint density at radius 3 is 2.48 bits per heavy atom. The van der Waals surface area contributed by atoms with E-state index in [1.54, 1.807) is 0 Å². The highest BCUT2D eigenvalue weighted by Gasteiger charge is 2.31. The molecule has 0 spiro atoms. The van der Waals surface area contributed by atoms with Crippen molar-refractivity contribution < 1.29 is 9.59 Å². The van der Waals surface area contributed by atoms with Gasteiger partial charge in [0.25, 0.3) is 0 Å². The molecule has 21 heavy (non-hydrogen) atoms. The Labute approximate surface area is 128 Å². The van der Waals surface area contributed by atoms with Crippen LogP contribution in [0.1, 0.15) is 59.3 Å². The van der Waals surface area contributed by atoms with Crippen molar-refractivity contribution in [2.24, 2.45) is 17.8 Å². The van der Waals surface area contributed by atoms with Crippen molar-refractivity contribution in [3.05, 3.63) is 0 Å². The van der Waals surface area contributed by atoms with E-state index in [0.717, 1.165) is 25.8 Å². The van der Waals surface area contributed by atoms with Gasteiger partial charge in [-0.3, -0.25) is 9.59 Å². The second-order valence-electron chi connectivity index (χ2n) is 7.15. The molecule has 2 amide bonds. The van der Waals surface area contributed by atoms with E-state index in [1.165, 1.54) is 19.3 Å². The molecular formula is C17H30N2O2. The molecule has 1 saturated carbocycles. The van der Waals surface area contributed by atoms with Crippen molar-refractivity contribution in [3.8, 4) is 0 Å². The first-order valence-corrected chi connectivity index (χ1v) is 8.58. The summed E-state index contributed by atoms with van der Waals surface area (Å²) in [5.74, 6) is 0.925. The molecule has 120 valence electrons. The number of nitrogens with zero attached hydrogens (tertiary/aromatic N) is 1. The lowest BCUT2D eigenvalue weighted by atomic mass is 9.85. The lowest BCUT2D eigenvalue weighted by molar-refractivity contribution is -0.138. The van der Waals surface area contributed by atoms with Crippen LogP contribution in [0.5, 0.6) is 0 Å². The van der Waals surface area contributed by atoms with Crippen LogP contribution in [-0.4, -0.2) is 35.8 Å². The maximum atomic E-state index is 12.5. The first-order chi connectivity index (χ1) is 9.99. The minimum Gasteiger partial charge on any atom is -0.353 e. The molecule has 2 aliphatic rings. The van der Waals surface area contributed by atoms with Gasteiger partial charge in [-0.15, -0.1) is 0 Å². The number of piperidine rings is 1. The summed E-state index contributed by atoms with van der Waals surface area (Å²) in [7, 11) is 0. The van der Waals surface area contributed by atoms with Gasteiger partial charge in [0.05, 0.1) is 5.92 Å². The molecule has 1 saturated heterocycles. The Morgan fingerprint density at radius 2 is 1.81 bits per heavy atom. The summed E-state index contributed by atoms with van der Waals surface area (Å²) in [5, 5.41) is 3.25. The zero-order valence-corrected chi connectivity index (χ0v) is 13.7. The number of hydrogen-bond acceptors (Lipinski definition) is 2. The van der Waals surface area contributed by atoms with Gasteiger partial charge in [0.1, 0.15) is 0 Å². The highest BCUT2D eigenvalue weighted by Crippen LogP contribution is 2.25. The molecule has 3 unspecified atom stereocenters. The minimum absolute atomic E-state index is 0.0180. The van der Waals surface area contributed by atoms with Crippen molar-refractivity contribution >= 4 is 11.8 Å². The van der Waals surface area contributed by atoms with Gasteiger partial charge >= 0.3 is 0 Å². The fourth-order valence-electron chi connectivity index (χ4n) is 3.59. The summed E-state index contributed by atoms with van der Waals surface area (Å²) in [6.45, 7) is 7.50. The molecule has 1 N–H and O–H groups in total. The minimum atomic E-state index is -0.0180. The largest absolute Gasteiger partial charge is 0.353 e. The number of hydrogen-bond donors (Lipinski definition) is 1. The van der Waals surface area contributed by atoms with Gasteiger partial charge in [-0.05, 0) is 31.6 Å². The Hall–Kier alpha value is -1.06. The number of amides is 2. The predicted molar refractivity (Wildman–Crippen MR) is 83.7 cm³/mol. The van der Waals surface area contributed by atoms with Crippen LogP contribution in [0.3, 0.4) is 0 Å². The van der Waals surface area contributed by atoms with E-state index in [4.69, 9.17) is 0 Å². The number of nitrogens with one attached hydrogen (secondary N) is 1. The van der Waals surface area contributed by atoms with E-state index in [2.05, 4.69) is 12.2 Å². The summed E-state index contributed by atoms with van der Waals surface area (Å²) in [6.07, 6.45) is 6.68. The molecule has 1 heterocycles. The predicted octanol–water partition coefficient (Wildman–Crippen LogP) is 2.58. The topological polar surface area (TPSA) is 49.4 Å². The molecule has 0 aromatic rings. The molecule has 4 nitrogen and oxygen atoms in total. The van der Waals surface area contributed by atoms with Crippen LogP contribution >= 0.6 is 0 Å². The third-order valence-electron chi connectivity index (χ3n) is 5.04. The average molecular weight is 294 g/mol. The number of carbonyl (C=O) groups excluding carboxylic acids is 2. The molecule has 0 aromatic carbocycles. The molecule has 2 fully saturated rings. The zero-order chi connectivity index (χ0) is 15.4. The van der Waals surface area contributed by atoms with Crippen LogP contribution in [0.2, 0.25) is 0 Å². The first-order valence-electron chi connectivity index (χ1n) is 8.58. The lowest BCUT2D eigenvalue weighted by Crippen LogP contribution is -2.50. The molecule has 0 radical (unpaired) electrons. The highest BCUT2D eigenvalue weighted by atomic mass is 16.2. The maximum absolute atomic E-state index is 12.5. The summed E-state index contributed by atoms with van der Waals surface area (Å²) in [6, 6.07) is 0.336. The second kappa shape index (κ2) is 7.28. The number of rotatable bonds is 3. The standard InChI is InChI=1S/C17H30N2O2/c1-12(2)17(21)19-10-6-8-14(11-19)16(20)18-15-9-5-4-7-13(15)3/h12-15H,4-11H2,1-3H3,(H,18,20). The van der Waals surface area contributed by atoms with E-state index in [0.29, 0.717) is 18.5 Å². The second-order valence-corrected chi connectivity index (χ2v) is 7.15. The van der Waals surface area contributed by atoms with Crippen LogP contribution in [0, 0.1) is 17.8 Å². The van der Waals surface area contributed by atoms with Gasteiger partial charge in [-0.1, -0.05) is 33.6 Å². The molecule has 2 rings (SSSR count). The summed E-state index contributed by atoms with van der Waals surface area (Å²) in [5.41, 5.74) is 0. The van der Waals surface area contributed by atoms with Crippen LogP contribution in [0.15, 0.2) is 0 Å². The quantitative estimate of drug-likeness (QED) is 0.869. The van der Waals surface area contributed by atoms with Gasteiger partial charge in [-0.25, -0.2) is 0 Å². The van der Waals surface area contributed by atoms with E-state index in [1.807, 2.05) is 18.7 Å². The van der Waals surface area contributed by atoms with Crippen molar-refractivity contribution in [1.29, 1.82) is 0 Å². The van der Waals surface area contributed by atoms with E-state index in [9.17, 15) is 9.59 Å². The average Bonchev–Trinajstić information content (AvgIpc) is 2.48. The molecule has 0 aromatic heterocycles. The van der Waals surface area contributed by atoms with Crippen LogP contribution in [-0.2, 0) is 9.59 Å². The monoisotopic (exact) mass is 294 g/mol. The Kier molecular flexibility index (Phi) is 5.65. The summed E-state index contributed by atoms with van der Waals surface area (Å²) >= 11 is 0. The summed E-state index contributed by atoms with van der Waals surface area (Å²) in [4.78, 5) is 26.5. The van der Waals surface area contributed by atoms with Crippen molar-refractivity contribution in [3.63, 3.8) is 0 Å². The van der Waals surface area contributed by atoms with E-state index < -0.39 is 0 Å². The Balaban J connectivity index is 1.88. The van der Waals surface area contributed by atoms with Gasteiger partial charge in [0, 0.05) is 25.0 Å². The van der Waals surface area contributed by atoms with Gasteiger partial charge in [0.2, 0.25) is 11.8 Å².